The van der Waals surface area contributed by atoms with Gasteiger partial charge < -0.3 is 14.7 Å². The highest BCUT2D eigenvalue weighted by molar-refractivity contribution is 7.89. The number of hydroxylamine groups is 2. The summed E-state index contributed by atoms with van der Waals surface area (Å²) in [6.45, 7) is 4.03. The molecule has 1 atom stereocenters. The quantitative estimate of drug-likeness (QED) is 0.301. The Bertz CT molecular complexity index is 836. The zero-order valence-electron chi connectivity index (χ0n) is 18.2. The first kappa shape index (κ1) is 24.0. The van der Waals surface area contributed by atoms with Crippen molar-refractivity contribution in [3.63, 3.8) is 0 Å². The van der Waals surface area contributed by atoms with E-state index >= 15 is 0 Å². The van der Waals surface area contributed by atoms with Gasteiger partial charge in [-0.05, 0) is 49.7 Å². The number of ether oxygens (including phenoxy) is 2. The van der Waals surface area contributed by atoms with Crippen molar-refractivity contribution in [3.05, 3.63) is 23.8 Å². The Balaban J connectivity index is 1.43. The Kier molecular flexibility index (Phi) is 8.71. The number of hydrogen-bond donors (Lipinski definition) is 2. The maximum absolute atomic E-state index is 12.3. The normalized spacial score (nSPS) is 20.3. The number of benzene rings is 1. The summed E-state index contributed by atoms with van der Waals surface area (Å²) in [6.07, 6.45) is 6.85. The highest BCUT2D eigenvalue weighted by Crippen LogP contribution is 2.30. The third-order valence-electron chi connectivity index (χ3n) is 5.91. The molecule has 1 saturated heterocycles. The molecule has 2 heterocycles. The number of esters is 1. The second-order valence-electron chi connectivity index (χ2n) is 8.48. The van der Waals surface area contributed by atoms with Gasteiger partial charge in [0.2, 0.25) is 10.0 Å². The molecule has 1 aromatic carbocycles. The third-order valence-corrected chi connectivity index (χ3v) is 7.38. The number of carbonyl (C=O) groups excluding carboxylic acids is 1. The fourth-order valence-electron chi connectivity index (χ4n) is 4.00. The van der Waals surface area contributed by atoms with Crippen LogP contribution < -0.4 is 14.2 Å². The smallest absolute Gasteiger partial charge is 0.329 e. The second kappa shape index (κ2) is 11.3. The summed E-state index contributed by atoms with van der Waals surface area (Å²) < 4.78 is 37.9. The van der Waals surface area contributed by atoms with Gasteiger partial charge >= 0.3 is 5.97 Å². The van der Waals surface area contributed by atoms with Crippen molar-refractivity contribution >= 4 is 16.0 Å². The molecule has 0 spiro atoms. The molecule has 2 N–H and O–H groups in total. The van der Waals surface area contributed by atoms with Gasteiger partial charge in [0, 0.05) is 25.6 Å². The molecule has 0 aliphatic carbocycles. The zero-order chi connectivity index (χ0) is 22.3. The van der Waals surface area contributed by atoms with Gasteiger partial charge in [0.15, 0.2) is 0 Å². The van der Waals surface area contributed by atoms with Crippen LogP contribution in [0.1, 0.15) is 57.4 Å². The lowest BCUT2D eigenvalue weighted by molar-refractivity contribution is -0.137. The number of sulfonamides is 1. The van der Waals surface area contributed by atoms with Gasteiger partial charge in [-0.3, -0.25) is 0 Å². The molecular formula is C22H34N2O6S. The number of hydrogen-bond acceptors (Lipinski definition) is 7. The van der Waals surface area contributed by atoms with Gasteiger partial charge in [-0.15, -0.1) is 0 Å². The van der Waals surface area contributed by atoms with Crippen molar-refractivity contribution in [1.29, 1.82) is 0 Å². The standard InChI is InChI=1S/C22H34N2O6S/c1-2-3-14-31(27,28)23-20-15-18-7-8-19(16-21(18)30-22(20)25)29-13-5-4-6-17-9-11-24(26)12-10-17/h7-8,16-17,20,23,26H,2-6,9-15H2,1H3. The minimum atomic E-state index is -3.51. The molecule has 1 fully saturated rings. The monoisotopic (exact) mass is 454 g/mol. The molecule has 3 rings (SSSR count). The summed E-state index contributed by atoms with van der Waals surface area (Å²) in [5.74, 6) is 1.18. The van der Waals surface area contributed by atoms with Gasteiger partial charge in [0.1, 0.15) is 17.5 Å². The van der Waals surface area contributed by atoms with Gasteiger partial charge in [0.25, 0.3) is 0 Å². The Morgan fingerprint density at radius 3 is 2.74 bits per heavy atom. The zero-order valence-corrected chi connectivity index (χ0v) is 19.0. The van der Waals surface area contributed by atoms with Crippen molar-refractivity contribution in [1.82, 2.24) is 9.79 Å². The van der Waals surface area contributed by atoms with Crippen LogP contribution in [0.4, 0.5) is 0 Å². The molecule has 9 heteroatoms. The van der Waals surface area contributed by atoms with E-state index in [0.717, 1.165) is 57.2 Å². The number of piperidine rings is 1. The van der Waals surface area contributed by atoms with E-state index < -0.39 is 22.0 Å². The first-order valence-corrected chi connectivity index (χ1v) is 12.9. The number of nitrogens with one attached hydrogen (secondary N) is 1. The van der Waals surface area contributed by atoms with E-state index in [9.17, 15) is 18.4 Å². The fraction of sp³-hybridized carbons (Fsp3) is 0.682. The average molecular weight is 455 g/mol. The Hall–Kier alpha value is -1.68. The number of unbranched alkanes of at least 4 members (excludes halogenated alkanes) is 2. The molecule has 2 aliphatic rings. The van der Waals surface area contributed by atoms with Crippen LogP contribution in [0.15, 0.2) is 18.2 Å². The predicted octanol–water partition coefficient (Wildman–Crippen LogP) is 2.89. The minimum Gasteiger partial charge on any atom is -0.493 e. The van der Waals surface area contributed by atoms with E-state index in [1.54, 1.807) is 6.07 Å². The maximum Gasteiger partial charge on any atom is 0.329 e. The number of carbonyl (C=O) groups is 1. The summed E-state index contributed by atoms with van der Waals surface area (Å²) in [7, 11) is -3.51. The summed E-state index contributed by atoms with van der Waals surface area (Å²) in [6, 6.07) is 4.47. The molecule has 0 bridgehead atoms. The maximum atomic E-state index is 12.3. The molecule has 2 aliphatic heterocycles. The lowest BCUT2D eigenvalue weighted by Gasteiger charge is -2.27. The van der Waals surface area contributed by atoms with Gasteiger partial charge in [-0.25, -0.2) is 17.9 Å². The third kappa shape index (κ3) is 7.45. The van der Waals surface area contributed by atoms with Crippen molar-refractivity contribution in [2.75, 3.05) is 25.4 Å². The van der Waals surface area contributed by atoms with Crippen molar-refractivity contribution in [3.8, 4) is 11.5 Å². The van der Waals surface area contributed by atoms with Gasteiger partial charge in [0.05, 0.1) is 12.4 Å². The Morgan fingerprint density at radius 2 is 2.00 bits per heavy atom. The SMILES string of the molecule is CCCCS(=O)(=O)NC1Cc2ccc(OCCCCC3CCN(O)CC3)cc2OC1=O. The highest BCUT2D eigenvalue weighted by Gasteiger charge is 2.31. The Labute approximate surface area is 184 Å². The highest BCUT2D eigenvalue weighted by atomic mass is 32.2. The molecule has 174 valence electrons. The molecule has 31 heavy (non-hydrogen) atoms. The van der Waals surface area contributed by atoms with E-state index in [2.05, 4.69) is 4.72 Å². The van der Waals surface area contributed by atoms with E-state index in [4.69, 9.17) is 9.47 Å². The van der Waals surface area contributed by atoms with Crippen LogP contribution >= 0.6 is 0 Å². The molecule has 1 unspecified atom stereocenters. The summed E-state index contributed by atoms with van der Waals surface area (Å²) in [5, 5.41) is 10.8. The molecule has 1 aromatic rings. The van der Waals surface area contributed by atoms with Crippen LogP contribution in [0.5, 0.6) is 11.5 Å². The lowest BCUT2D eigenvalue weighted by Crippen LogP contribution is -2.47. The average Bonchev–Trinajstić information content (AvgIpc) is 2.74. The van der Waals surface area contributed by atoms with Crippen LogP contribution in [-0.2, 0) is 21.2 Å². The van der Waals surface area contributed by atoms with Crippen molar-refractivity contribution in [2.45, 2.75) is 64.3 Å². The fourth-order valence-corrected chi connectivity index (χ4v) is 5.40. The number of fused-ring (bicyclic) bond motifs is 1. The minimum absolute atomic E-state index is 0.00748. The second-order valence-corrected chi connectivity index (χ2v) is 10.4. The molecule has 0 amide bonds. The number of rotatable bonds is 11. The van der Waals surface area contributed by atoms with Crippen LogP contribution in [-0.4, -0.2) is 56.1 Å². The topological polar surface area (TPSA) is 105 Å². The summed E-state index contributed by atoms with van der Waals surface area (Å²) in [4.78, 5) is 12.3. The van der Waals surface area contributed by atoms with Crippen LogP contribution in [0.2, 0.25) is 0 Å². The summed E-state index contributed by atoms with van der Waals surface area (Å²) in [5.41, 5.74) is 0.783. The number of nitrogens with zero attached hydrogens (tertiary/aromatic N) is 1. The molecule has 0 radical (unpaired) electrons. The predicted molar refractivity (Wildman–Crippen MR) is 117 cm³/mol. The van der Waals surface area contributed by atoms with E-state index in [1.807, 2.05) is 19.1 Å². The molecular weight excluding hydrogens is 420 g/mol. The van der Waals surface area contributed by atoms with Gasteiger partial charge in [-0.2, -0.15) is 5.06 Å². The largest absolute Gasteiger partial charge is 0.493 e. The van der Waals surface area contributed by atoms with E-state index in [0.29, 0.717) is 30.4 Å². The molecule has 0 saturated carbocycles. The van der Waals surface area contributed by atoms with Crippen LogP contribution in [0.3, 0.4) is 0 Å². The van der Waals surface area contributed by atoms with Crippen LogP contribution in [0, 0.1) is 5.92 Å². The molecule has 8 nitrogen and oxygen atoms in total. The molecule has 0 aromatic heterocycles. The van der Waals surface area contributed by atoms with Gasteiger partial charge in [-0.1, -0.05) is 25.8 Å². The van der Waals surface area contributed by atoms with Crippen LogP contribution in [0.25, 0.3) is 0 Å². The van der Waals surface area contributed by atoms with E-state index in [-0.39, 0.29) is 12.2 Å². The first-order valence-electron chi connectivity index (χ1n) is 11.3. The first-order chi connectivity index (χ1) is 14.9. The van der Waals surface area contributed by atoms with Crippen molar-refractivity contribution < 1.29 is 27.9 Å². The Morgan fingerprint density at radius 1 is 1.23 bits per heavy atom. The summed E-state index contributed by atoms with van der Waals surface area (Å²) >= 11 is 0. The van der Waals surface area contributed by atoms with E-state index in [1.165, 1.54) is 5.06 Å². The lowest BCUT2D eigenvalue weighted by atomic mass is 9.92. The van der Waals surface area contributed by atoms with Crippen molar-refractivity contribution in [2.24, 2.45) is 5.92 Å².